The Bertz CT molecular complexity index is 1470. The van der Waals surface area contributed by atoms with Crippen LogP contribution in [0.15, 0.2) is 103 Å². The summed E-state index contributed by atoms with van der Waals surface area (Å²) >= 11 is 6.34. The minimum atomic E-state index is -0.348. The molecule has 0 saturated carbocycles. The van der Waals surface area contributed by atoms with Gasteiger partial charge < -0.3 is 19.2 Å². The number of imidazole rings is 1. The predicted molar refractivity (Wildman–Crippen MR) is 149 cm³/mol. The number of nitrogens with zero attached hydrogens (tertiary/aromatic N) is 2. The van der Waals surface area contributed by atoms with Crippen molar-refractivity contribution in [2.45, 2.75) is 18.4 Å². The zero-order chi connectivity index (χ0) is 26.5. The highest BCUT2D eigenvalue weighted by Crippen LogP contribution is 2.35. The van der Waals surface area contributed by atoms with Gasteiger partial charge >= 0.3 is 0 Å². The summed E-state index contributed by atoms with van der Waals surface area (Å²) in [5.41, 5.74) is 4.47. The van der Waals surface area contributed by atoms with Gasteiger partial charge in [-0.3, -0.25) is 4.79 Å². The van der Waals surface area contributed by atoms with Crippen molar-refractivity contribution in [1.82, 2.24) is 14.7 Å². The van der Waals surface area contributed by atoms with Crippen LogP contribution in [0.1, 0.15) is 40.8 Å². The number of carbonyl (C=O) groups is 1. The Balaban J connectivity index is 1.54. The number of hydrogen-bond acceptors (Lipinski definition) is 4. The van der Waals surface area contributed by atoms with Gasteiger partial charge in [-0.05, 0) is 41.0 Å². The Hall–Kier alpha value is -4.29. The highest BCUT2D eigenvalue weighted by atomic mass is 35.5. The molecule has 5 aromatic rings. The number of carbonyl (C=O) groups excluding carboxylic acids is 1. The van der Waals surface area contributed by atoms with Gasteiger partial charge in [0.05, 0.1) is 31.0 Å². The van der Waals surface area contributed by atoms with Crippen LogP contribution in [0.4, 0.5) is 0 Å². The first-order valence-electron chi connectivity index (χ1n) is 12.3. The first-order valence-corrected chi connectivity index (χ1v) is 12.7. The molecule has 1 N–H and O–H groups in total. The van der Waals surface area contributed by atoms with Gasteiger partial charge in [0.2, 0.25) is 5.91 Å². The zero-order valence-electron chi connectivity index (χ0n) is 21.2. The Morgan fingerprint density at radius 1 is 0.868 bits per heavy atom. The van der Waals surface area contributed by atoms with Crippen LogP contribution in [0, 0.1) is 0 Å². The van der Waals surface area contributed by atoms with E-state index in [-0.39, 0.29) is 24.3 Å². The van der Waals surface area contributed by atoms with Crippen LogP contribution in [-0.2, 0) is 4.79 Å². The Kier molecular flexibility index (Phi) is 7.61. The molecule has 0 aliphatic heterocycles. The lowest BCUT2D eigenvalue weighted by Crippen LogP contribution is -2.30. The van der Waals surface area contributed by atoms with Crippen molar-refractivity contribution < 1.29 is 14.3 Å². The van der Waals surface area contributed by atoms with Crippen LogP contribution in [-0.4, -0.2) is 29.5 Å². The molecule has 0 radical (unpaired) electrons. The molecule has 192 valence electrons. The molecule has 5 rings (SSSR count). The van der Waals surface area contributed by atoms with E-state index in [9.17, 15) is 4.79 Å². The fraction of sp³-hybridized carbons (Fsp3) is 0.161. The minimum absolute atomic E-state index is 0.105. The van der Waals surface area contributed by atoms with Crippen molar-refractivity contribution in [3.05, 3.63) is 131 Å². The molecule has 2 heterocycles. The van der Waals surface area contributed by atoms with Crippen LogP contribution in [0.5, 0.6) is 11.5 Å². The number of ether oxygens (including phenoxy) is 2. The highest BCUT2D eigenvalue weighted by molar-refractivity contribution is 6.30. The standard InChI is InChI=1S/C31H28ClN3O3/c1-37-25-15-23(16-26(17-25)38-2)27(28-19-33-29-14-13-24(32)20-35(28)29)18-30(36)34-31(21-9-5-3-6-10-21)22-11-7-4-8-12-22/h3-17,19-20,27,31H,18H2,1-2H3,(H,34,36). The number of halogens is 1. The fourth-order valence-corrected chi connectivity index (χ4v) is 4.87. The number of hydrogen-bond donors (Lipinski definition) is 1. The van der Waals surface area contributed by atoms with Gasteiger partial charge in [0.1, 0.15) is 17.1 Å². The van der Waals surface area contributed by atoms with Crippen LogP contribution in [0.3, 0.4) is 0 Å². The topological polar surface area (TPSA) is 64.9 Å². The average molecular weight is 526 g/mol. The third kappa shape index (κ3) is 5.50. The van der Waals surface area contributed by atoms with Gasteiger partial charge in [0.15, 0.2) is 0 Å². The van der Waals surface area contributed by atoms with Crippen molar-refractivity contribution in [2.24, 2.45) is 0 Å². The van der Waals surface area contributed by atoms with E-state index >= 15 is 0 Å². The van der Waals surface area contributed by atoms with Gasteiger partial charge in [-0.15, -0.1) is 0 Å². The van der Waals surface area contributed by atoms with E-state index in [1.807, 2.05) is 95.5 Å². The van der Waals surface area contributed by atoms with Crippen LogP contribution in [0.25, 0.3) is 5.65 Å². The quantitative estimate of drug-likeness (QED) is 0.241. The number of rotatable bonds is 9. The number of nitrogens with one attached hydrogen (secondary N) is 1. The second-order valence-electron chi connectivity index (χ2n) is 8.98. The summed E-state index contributed by atoms with van der Waals surface area (Å²) < 4.78 is 13.0. The van der Waals surface area contributed by atoms with E-state index in [0.29, 0.717) is 16.5 Å². The molecule has 6 nitrogen and oxygen atoms in total. The van der Waals surface area contributed by atoms with Crippen molar-refractivity contribution in [3.63, 3.8) is 0 Å². The van der Waals surface area contributed by atoms with E-state index < -0.39 is 0 Å². The lowest BCUT2D eigenvalue weighted by atomic mass is 9.91. The number of amides is 1. The summed E-state index contributed by atoms with van der Waals surface area (Å²) in [6.07, 6.45) is 3.78. The predicted octanol–water partition coefficient (Wildman–Crippen LogP) is 6.43. The number of pyridine rings is 1. The Morgan fingerprint density at radius 3 is 2.05 bits per heavy atom. The Labute approximate surface area is 226 Å². The lowest BCUT2D eigenvalue weighted by Gasteiger charge is -2.23. The van der Waals surface area contributed by atoms with Gasteiger partial charge in [-0.2, -0.15) is 0 Å². The maximum atomic E-state index is 13.8. The summed E-state index contributed by atoms with van der Waals surface area (Å²) in [6.45, 7) is 0. The average Bonchev–Trinajstić information content (AvgIpc) is 3.38. The third-order valence-corrected chi connectivity index (χ3v) is 6.82. The van der Waals surface area contributed by atoms with Crippen molar-refractivity contribution >= 4 is 23.2 Å². The first kappa shape index (κ1) is 25.4. The van der Waals surface area contributed by atoms with Crippen molar-refractivity contribution in [3.8, 4) is 11.5 Å². The molecular formula is C31H28ClN3O3. The molecule has 0 bridgehead atoms. The maximum Gasteiger partial charge on any atom is 0.221 e. The second kappa shape index (κ2) is 11.4. The molecule has 2 aromatic heterocycles. The van der Waals surface area contributed by atoms with Gasteiger partial charge in [0, 0.05) is 30.8 Å². The molecule has 1 atom stereocenters. The summed E-state index contributed by atoms with van der Waals surface area (Å²) in [7, 11) is 3.22. The second-order valence-corrected chi connectivity index (χ2v) is 9.42. The maximum absolute atomic E-state index is 13.8. The highest BCUT2D eigenvalue weighted by Gasteiger charge is 2.25. The fourth-order valence-electron chi connectivity index (χ4n) is 4.71. The molecular weight excluding hydrogens is 498 g/mol. The van der Waals surface area contributed by atoms with Crippen molar-refractivity contribution in [1.29, 1.82) is 0 Å². The largest absolute Gasteiger partial charge is 0.497 e. The molecule has 38 heavy (non-hydrogen) atoms. The molecule has 0 spiro atoms. The van der Waals surface area contributed by atoms with E-state index in [1.54, 1.807) is 26.5 Å². The molecule has 1 amide bonds. The SMILES string of the molecule is COc1cc(OC)cc(C(CC(=O)NC(c2ccccc2)c2ccccc2)c2cnc3ccc(Cl)cn23)c1. The van der Waals surface area contributed by atoms with Gasteiger partial charge in [-0.1, -0.05) is 72.3 Å². The van der Waals surface area contributed by atoms with E-state index in [2.05, 4.69) is 10.3 Å². The smallest absolute Gasteiger partial charge is 0.221 e. The summed E-state index contributed by atoms with van der Waals surface area (Å²) in [5, 5.41) is 3.85. The van der Waals surface area contributed by atoms with E-state index in [1.165, 1.54) is 0 Å². The van der Waals surface area contributed by atoms with Crippen LogP contribution in [0.2, 0.25) is 5.02 Å². The monoisotopic (exact) mass is 525 g/mol. The van der Waals surface area contributed by atoms with Gasteiger partial charge in [-0.25, -0.2) is 4.98 Å². The molecule has 7 heteroatoms. The molecule has 0 aliphatic carbocycles. The first-order chi connectivity index (χ1) is 18.6. The summed E-state index contributed by atoms with van der Waals surface area (Å²) in [5.74, 6) is 0.831. The number of methoxy groups -OCH3 is 2. The number of fused-ring (bicyclic) bond motifs is 1. The van der Waals surface area contributed by atoms with Crippen LogP contribution < -0.4 is 14.8 Å². The number of aromatic nitrogens is 2. The van der Waals surface area contributed by atoms with Gasteiger partial charge in [0.25, 0.3) is 0 Å². The normalized spacial score (nSPS) is 11.9. The van der Waals surface area contributed by atoms with E-state index in [0.717, 1.165) is 28.0 Å². The van der Waals surface area contributed by atoms with Crippen LogP contribution >= 0.6 is 11.6 Å². The minimum Gasteiger partial charge on any atom is -0.497 e. The number of benzene rings is 3. The summed E-state index contributed by atoms with van der Waals surface area (Å²) in [4.78, 5) is 18.3. The van der Waals surface area contributed by atoms with E-state index in [4.69, 9.17) is 21.1 Å². The Morgan fingerprint density at radius 2 is 1.47 bits per heavy atom. The third-order valence-electron chi connectivity index (χ3n) is 6.59. The zero-order valence-corrected chi connectivity index (χ0v) is 21.9. The molecule has 0 aliphatic rings. The molecule has 3 aromatic carbocycles. The molecule has 0 fully saturated rings. The molecule has 1 unspecified atom stereocenters. The molecule has 0 saturated heterocycles. The lowest BCUT2D eigenvalue weighted by molar-refractivity contribution is -0.121. The summed E-state index contributed by atoms with van der Waals surface area (Å²) in [6, 6.07) is 29.0. The van der Waals surface area contributed by atoms with Crippen molar-refractivity contribution in [2.75, 3.05) is 14.2 Å².